The molecule has 0 aliphatic carbocycles. The number of anilines is 1. The summed E-state index contributed by atoms with van der Waals surface area (Å²) in [5, 5.41) is 3.57. The predicted octanol–water partition coefficient (Wildman–Crippen LogP) is 3.01. The second kappa shape index (κ2) is 4.52. The number of alkyl halides is 2. The van der Waals surface area contributed by atoms with Crippen LogP contribution >= 0.6 is 11.6 Å². The average molecular weight is 302 g/mol. The Morgan fingerprint density at radius 2 is 2.10 bits per heavy atom. The van der Waals surface area contributed by atoms with Gasteiger partial charge in [-0.1, -0.05) is 11.6 Å². The normalized spacial score (nSPS) is 15.4. The van der Waals surface area contributed by atoms with Crippen molar-refractivity contribution in [3.05, 3.63) is 35.4 Å². The van der Waals surface area contributed by atoms with Gasteiger partial charge in [0.25, 0.3) is 0 Å². The van der Waals surface area contributed by atoms with Crippen molar-refractivity contribution >= 4 is 17.3 Å². The third kappa shape index (κ3) is 2.36. The minimum absolute atomic E-state index is 0.00197. The first-order valence-electron chi connectivity index (χ1n) is 5.74. The Hall–Kier alpha value is -2.02. The molecule has 0 saturated heterocycles. The van der Waals surface area contributed by atoms with Gasteiger partial charge in [-0.25, -0.2) is 4.98 Å². The predicted molar refractivity (Wildman–Crippen MR) is 68.2 cm³/mol. The van der Waals surface area contributed by atoms with Crippen LogP contribution in [0.3, 0.4) is 0 Å². The molecule has 0 fully saturated rings. The van der Waals surface area contributed by atoms with Crippen LogP contribution in [-0.4, -0.2) is 15.8 Å². The topological polar surface area (TPSA) is 48.3 Å². The molecule has 5 nitrogen and oxygen atoms in total. The zero-order valence-electron chi connectivity index (χ0n) is 10.4. The number of aromatic nitrogens is 2. The Morgan fingerprint density at radius 1 is 1.35 bits per heavy atom. The van der Waals surface area contributed by atoms with Gasteiger partial charge in [-0.15, -0.1) is 8.78 Å². The number of benzene rings is 1. The van der Waals surface area contributed by atoms with Crippen LogP contribution in [0, 0.1) is 0 Å². The minimum atomic E-state index is -3.60. The van der Waals surface area contributed by atoms with Crippen LogP contribution in [0.5, 0.6) is 11.5 Å². The summed E-state index contributed by atoms with van der Waals surface area (Å²) in [6.07, 6.45) is -2.06. The Balaban J connectivity index is 1.72. The van der Waals surface area contributed by atoms with Crippen LogP contribution in [0.4, 0.5) is 14.5 Å². The molecule has 20 heavy (non-hydrogen) atoms. The minimum Gasteiger partial charge on any atom is -0.395 e. The molecule has 1 N–H and O–H groups in total. The number of fused-ring (bicyclic) bond motifs is 1. The third-order valence-corrected chi connectivity index (χ3v) is 3.23. The first kappa shape index (κ1) is 13.0. The van der Waals surface area contributed by atoms with Crippen LogP contribution < -0.4 is 14.8 Å². The van der Waals surface area contributed by atoms with Crippen LogP contribution in [0.15, 0.2) is 24.4 Å². The lowest BCUT2D eigenvalue weighted by atomic mass is 10.3. The molecular formula is C12H10ClF2N3O2. The molecular weight excluding hydrogens is 292 g/mol. The summed E-state index contributed by atoms with van der Waals surface area (Å²) in [5.74, 6) is 0.733. The van der Waals surface area contributed by atoms with Crippen LogP contribution in [-0.2, 0) is 13.6 Å². The van der Waals surface area contributed by atoms with Crippen molar-refractivity contribution in [1.29, 1.82) is 0 Å². The lowest BCUT2D eigenvalue weighted by Gasteiger charge is -2.07. The van der Waals surface area contributed by atoms with E-state index < -0.39 is 6.29 Å². The van der Waals surface area contributed by atoms with Crippen molar-refractivity contribution in [2.75, 3.05) is 5.32 Å². The second-order valence-corrected chi connectivity index (χ2v) is 4.63. The second-order valence-electron chi connectivity index (χ2n) is 4.24. The Bertz CT molecular complexity index is 660. The van der Waals surface area contributed by atoms with E-state index >= 15 is 0 Å². The number of nitrogens with zero attached hydrogens (tertiary/aromatic N) is 2. The van der Waals surface area contributed by atoms with Gasteiger partial charge in [0.2, 0.25) is 0 Å². The molecule has 2 heterocycles. The molecule has 2 aromatic rings. The van der Waals surface area contributed by atoms with Gasteiger partial charge in [-0.3, -0.25) is 0 Å². The molecule has 0 atom stereocenters. The molecule has 0 bridgehead atoms. The third-order valence-electron chi connectivity index (χ3n) is 2.88. The molecule has 0 saturated carbocycles. The first-order chi connectivity index (χ1) is 9.44. The maximum Gasteiger partial charge on any atom is 0.586 e. The number of nitrogens with one attached hydrogen (secondary N) is 1. The average Bonchev–Trinajstić information content (AvgIpc) is 2.86. The molecule has 0 radical (unpaired) electrons. The van der Waals surface area contributed by atoms with Gasteiger partial charge in [0.1, 0.15) is 11.0 Å². The zero-order chi connectivity index (χ0) is 14.3. The Kier molecular flexibility index (Phi) is 2.93. The van der Waals surface area contributed by atoms with E-state index in [0.717, 1.165) is 5.82 Å². The smallest absolute Gasteiger partial charge is 0.395 e. The molecule has 1 aromatic carbocycles. The van der Waals surface area contributed by atoms with E-state index in [-0.39, 0.29) is 11.5 Å². The number of hydrogen-bond donors (Lipinski definition) is 1. The highest BCUT2D eigenvalue weighted by Crippen LogP contribution is 2.42. The van der Waals surface area contributed by atoms with Gasteiger partial charge in [0.15, 0.2) is 11.5 Å². The van der Waals surface area contributed by atoms with Crippen LogP contribution in [0.25, 0.3) is 0 Å². The summed E-state index contributed by atoms with van der Waals surface area (Å²) in [7, 11) is 1.78. The monoisotopic (exact) mass is 301 g/mol. The fourth-order valence-electron chi connectivity index (χ4n) is 1.83. The summed E-state index contributed by atoms with van der Waals surface area (Å²) in [6, 6.07) is 4.49. The van der Waals surface area contributed by atoms with Crippen molar-refractivity contribution in [2.45, 2.75) is 12.8 Å². The zero-order valence-corrected chi connectivity index (χ0v) is 11.1. The van der Waals surface area contributed by atoms with E-state index in [4.69, 9.17) is 11.6 Å². The van der Waals surface area contributed by atoms with E-state index in [1.807, 2.05) is 0 Å². The lowest BCUT2D eigenvalue weighted by molar-refractivity contribution is -0.286. The number of rotatable bonds is 3. The van der Waals surface area contributed by atoms with Gasteiger partial charge in [-0.2, -0.15) is 0 Å². The van der Waals surface area contributed by atoms with E-state index in [1.165, 1.54) is 12.1 Å². The molecule has 0 unspecified atom stereocenters. The highest BCUT2D eigenvalue weighted by molar-refractivity contribution is 6.29. The standard InChI is InChI=1S/C12H10ClF2N3O2/c1-18-10(13)5-17-11(18)6-16-7-2-3-8-9(4-7)20-12(14,15)19-8/h2-5,16H,6H2,1H3. The van der Waals surface area contributed by atoms with Gasteiger partial charge in [0, 0.05) is 18.8 Å². The molecule has 8 heteroatoms. The van der Waals surface area contributed by atoms with Crippen LogP contribution in [0.1, 0.15) is 5.82 Å². The fourth-order valence-corrected chi connectivity index (χ4v) is 1.97. The molecule has 3 rings (SSSR count). The van der Waals surface area contributed by atoms with Crippen LogP contribution in [0.2, 0.25) is 5.15 Å². The van der Waals surface area contributed by atoms with Gasteiger partial charge in [0.05, 0.1) is 12.7 Å². The van der Waals surface area contributed by atoms with Crippen molar-refractivity contribution in [1.82, 2.24) is 9.55 Å². The molecule has 0 spiro atoms. The van der Waals surface area contributed by atoms with E-state index in [1.54, 1.807) is 23.9 Å². The molecule has 0 amide bonds. The van der Waals surface area contributed by atoms with Crippen molar-refractivity contribution in [2.24, 2.45) is 7.05 Å². The molecule has 106 valence electrons. The molecule has 1 aromatic heterocycles. The highest BCUT2D eigenvalue weighted by Gasteiger charge is 2.43. The van der Waals surface area contributed by atoms with Crippen molar-refractivity contribution < 1.29 is 18.3 Å². The summed E-state index contributed by atoms with van der Waals surface area (Å²) < 4.78 is 36.2. The number of halogens is 3. The molecule has 1 aliphatic rings. The quantitative estimate of drug-likeness (QED) is 0.947. The van der Waals surface area contributed by atoms with Gasteiger partial charge < -0.3 is 19.4 Å². The van der Waals surface area contributed by atoms with Gasteiger partial charge >= 0.3 is 6.29 Å². The van der Waals surface area contributed by atoms with Gasteiger partial charge in [-0.05, 0) is 12.1 Å². The number of ether oxygens (including phenoxy) is 2. The lowest BCUT2D eigenvalue weighted by Crippen LogP contribution is -2.25. The summed E-state index contributed by atoms with van der Waals surface area (Å²) in [5.41, 5.74) is 0.615. The van der Waals surface area contributed by atoms with E-state index in [9.17, 15) is 8.78 Å². The number of hydrogen-bond acceptors (Lipinski definition) is 4. The molecule has 1 aliphatic heterocycles. The Morgan fingerprint density at radius 3 is 2.80 bits per heavy atom. The Labute approximate surface area is 118 Å². The maximum absolute atomic E-state index is 12.9. The maximum atomic E-state index is 12.9. The largest absolute Gasteiger partial charge is 0.586 e. The van der Waals surface area contributed by atoms with E-state index in [0.29, 0.717) is 17.4 Å². The SMILES string of the molecule is Cn1c(Cl)cnc1CNc1ccc2c(c1)OC(F)(F)O2. The number of imidazole rings is 1. The summed E-state index contributed by atoms with van der Waals surface area (Å²) in [6.45, 7) is 0.402. The van der Waals surface area contributed by atoms with E-state index in [2.05, 4.69) is 19.8 Å². The fraction of sp³-hybridized carbons (Fsp3) is 0.250. The summed E-state index contributed by atoms with van der Waals surface area (Å²) >= 11 is 5.87. The highest BCUT2D eigenvalue weighted by atomic mass is 35.5. The first-order valence-corrected chi connectivity index (χ1v) is 6.12. The van der Waals surface area contributed by atoms with Crippen molar-refractivity contribution in [3.63, 3.8) is 0 Å². The van der Waals surface area contributed by atoms with Crippen molar-refractivity contribution in [3.8, 4) is 11.5 Å². The summed E-state index contributed by atoms with van der Waals surface area (Å²) in [4.78, 5) is 4.12.